The Morgan fingerprint density at radius 1 is 0.812 bits per heavy atom. The van der Waals surface area contributed by atoms with E-state index in [0.29, 0.717) is 0 Å². The summed E-state index contributed by atoms with van der Waals surface area (Å²) in [5.74, 6) is 0. The smallest absolute Gasteiger partial charge is 0.0271 e. The third-order valence-electron chi connectivity index (χ3n) is 5.21. The third-order valence-corrected chi connectivity index (χ3v) is 5.21. The maximum atomic E-state index is 3.85. The van der Waals surface area contributed by atoms with Gasteiger partial charge in [-0.05, 0) is 43.9 Å². The summed E-state index contributed by atoms with van der Waals surface area (Å²) in [7, 11) is 0. The van der Waals surface area contributed by atoms with E-state index in [-0.39, 0.29) is 0 Å². The van der Waals surface area contributed by atoms with Gasteiger partial charge in [0.25, 0.3) is 0 Å². The summed E-state index contributed by atoms with van der Waals surface area (Å²) in [4.78, 5) is 0. The van der Waals surface area contributed by atoms with Gasteiger partial charge in [-0.3, -0.25) is 5.43 Å². The second-order valence-corrected chi connectivity index (χ2v) is 6.19. The summed E-state index contributed by atoms with van der Waals surface area (Å²) in [6.07, 6.45) is 14.6. The van der Waals surface area contributed by atoms with Crippen LogP contribution in [-0.2, 0) is 0 Å². The minimum absolute atomic E-state index is 0.718. The van der Waals surface area contributed by atoms with Crippen LogP contribution in [0.1, 0.15) is 64.2 Å². The first-order valence-electron chi connectivity index (χ1n) is 7.40. The summed E-state index contributed by atoms with van der Waals surface area (Å²) in [6.45, 7) is 2.57. The molecule has 0 bridgehead atoms. The lowest BCUT2D eigenvalue weighted by molar-refractivity contribution is -0.0293. The average Bonchev–Trinajstić information content (AvgIpc) is 2.37. The van der Waals surface area contributed by atoms with E-state index in [1.807, 2.05) is 0 Å². The summed E-state index contributed by atoms with van der Waals surface area (Å²) in [5, 5.41) is 2.52. The standard InChI is InChI=1S/C14H26N2/c1-3-8-14(9-4-1)10-7-13(14)15-16-11-5-2-6-12-16/h13,15H,1-12H2. The number of piperidine rings is 1. The van der Waals surface area contributed by atoms with Crippen molar-refractivity contribution in [2.45, 2.75) is 70.3 Å². The molecule has 3 rings (SSSR count). The van der Waals surface area contributed by atoms with Crippen LogP contribution in [0.5, 0.6) is 0 Å². The molecule has 92 valence electrons. The van der Waals surface area contributed by atoms with Crippen LogP contribution < -0.4 is 5.43 Å². The summed E-state index contributed by atoms with van der Waals surface area (Å²) < 4.78 is 0. The van der Waals surface area contributed by atoms with Crippen molar-refractivity contribution in [3.63, 3.8) is 0 Å². The van der Waals surface area contributed by atoms with Crippen LogP contribution in [0.15, 0.2) is 0 Å². The van der Waals surface area contributed by atoms with Gasteiger partial charge >= 0.3 is 0 Å². The quantitative estimate of drug-likeness (QED) is 0.772. The van der Waals surface area contributed by atoms with E-state index in [0.717, 1.165) is 11.5 Å². The Balaban J connectivity index is 1.54. The lowest BCUT2D eigenvalue weighted by Gasteiger charge is -2.54. The molecule has 1 spiro atoms. The molecule has 2 nitrogen and oxygen atoms in total. The number of nitrogens with zero attached hydrogens (tertiary/aromatic N) is 1. The number of nitrogens with one attached hydrogen (secondary N) is 1. The Hall–Kier alpha value is -0.0800. The number of rotatable bonds is 2. The predicted molar refractivity (Wildman–Crippen MR) is 67.1 cm³/mol. The van der Waals surface area contributed by atoms with Gasteiger partial charge in [0, 0.05) is 19.1 Å². The van der Waals surface area contributed by atoms with Crippen molar-refractivity contribution in [1.29, 1.82) is 0 Å². The van der Waals surface area contributed by atoms with Crippen LogP contribution in [0.2, 0.25) is 0 Å². The van der Waals surface area contributed by atoms with E-state index in [4.69, 9.17) is 0 Å². The van der Waals surface area contributed by atoms with Gasteiger partial charge in [-0.1, -0.05) is 25.7 Å². The zero-order chi connectivity index (χ0) is 10.8. The van der Waals surface area contributed by atoms with Crippen molar-refractivity contribution in [3.05, 3.63) is 0 Å². The largest absolute Gasteiger partial charge is 0.252 e. The fourth-order valence-electron chi connectivity index (χ4n) is 4.00. The molecule has 1 heterocycles. The van der Waals surface area contributed by atoms with Crippen molar-refractivity contribution >= 4 is 0 Å². The number of hydrogen-bond acceptors (Lipinski definition) is 2. The van der Waals surface area contributed by atoms with Crippen LogP contribution in [-0.4, -0.2) is 24.1 Å². The Morgan fingerprint density at radius 2 is 1.50 bits per heavy atom. The molecule has 2 heteroatoms. The molecule has 0 amide bonds. The topological polar surface area (TPSA) is 15.3 Å². The van der Waals surface area contributed by atoms with E-state index in [1.54, 1.807) is 0 Å². The second-order valence-electron chi connectivity index (χ2n) is 6.19. The van der Waals surface area contributed by atoms with E-state index in [9.17, 15) is 0 Å². The van der Waals surface area contributed by atoms with Gasteiger partial charge in [-0.15, -0.1) is 0 Å². The Kier molecular flexibility index (Phi) is 3.21. The lowest BCUT2D eigenvalue weighted by atomic mass is 9.57. The molecule has 3 fully saturated rings. The van der Waals surface area contributed by atoms with Crippen LogP contribution in [0.4, 0.5) is 0 Å². The molecule has 0 radical (unpaired) electrons. The maximum Gasteiger partial charge on any atom is 0.0271 e. The van der Waals surface area contributed by atoms with Gasteiger partial charge < -0.3 is 0 Å². The van der Waals surface area contributed by atoms with E-state index in [1.165, 1.54) is 77.3 Å². The molecule has 0 aromatic heterocycles. The minimum Gasteiger partial charge on any atom is -0.252 e. The highest BCUT2D eigenvalue weighted by atomic mass is 15.5. The fraction of sp³-hybridized carbons (Fsp3) is 1.00. The van der Waals surface area contributed by atoms with Gasteiger partial charge in [-0.25, -0.2) is 5.01 Å². The van der Waals surface area contributed by atoms with Gasteiger partial charge in [0.15, 0.2) is 0 Å². The van der Waals surface area contributed by atoms with Crippen molar-refractivity contribution in [1.82, 2.24) is 10.4 Å². The minimum atomic E-state index is 0.718. The maximum absolute atomic E-state index is 3.85. The molecule has 2 saturated carbocycles. The highest BCUT2D eigenvalue weighted by Crippen LogP contribution is 2.51. The van der Waals surface area contributed by atoms with E-state index >= 15 is 0 Å². The first-order valence-corrected chi connectivity index (χ1v) is 7.40. The monoisotopic (exact) mass is 222 g/mol. The van der Waals surface area contributed by atoms with E-state index in [2.05, 4.69) is 10.4 Å². The molecule has 2 aliphatic carbocycles. The first-order chi connectivity index (χ1) is 7.89. The molecule has 16 heavy (non-hydrogen) atoms. The zero-order valence-electron chi connectivity index (χ0n) is 10.5. The summed E-state index contributed by atoms with van der Waals surface area (Å²) >= 11 is 0. The molecule has 0 aromatic carbocycles. The Labute approximate surface area is 99.7 Å². The van der Waals surface area contributed by atoms with Crippen molar-refractivity contribution in [2.75, 3.05) is 13.1 Å². The van der Waals surface area contributed by atoms with Crippen molar-refractivity contribution < 1.29 is 0 Å². The third kappa shape index (κ3) is 2.02. The molecule has 1 saturated heterocycles. The van der Waals surface area contributed by atoms with Crippen LogP contribution in [0.3, 0.4) is 0 Å². The highest BCUT2D eigenvalue weighted by Gasteiger charge is 2.47. The fourth-order valence-corrected chi connectivity index (χ4v) is 4.00. The van der Waals surface area contributed by atoms with Gasteiger partial charge in [0.05, 0.1) is 0 Å². The van der Waals surface area contributed by atoms with Crippen molar-refractivity contribution in [2.24, 2.45) is 5.41 Å². The number of hydrogen-bond donors (Lipinski definition) is 1. The average molecular weight is 222 g/mol. The highest BCUT2D eigenvalue weighted by molar-refractivity contribution is 5.01. The summed E-state index contributed by atoms with van der Waals surface area (Å²) in [6, 6.07) is 0.825. The normalized spacial score (nSPS) is 34.9. The molecular formula is C14H26N2. The zero-order valence-corrected chi connectivity index (χ0v) is 10.5. The van der Waals surface area contributed by atoms with Crippen LogP contribution in [0.25, 0.3) is 0 Å². The van der Waals surface area contributed by atoms with Gasteiger partial charge in [0.1, 0.15) is 0 Å². The molecule has 1 aliphatic heterocycles. The molecule has 0 aromatic rings. The molecular weight excluding hydrogens is 196 g/mol. The molecule has 1 atom stereocenters. The van der Waals surface area contributed by atoms with Crippen LogP contribution >= 0.6 is 0 Å². The van der Waals surface area contributed by atoms with Gasteiger partial charge in [0.2, 0.25) is 0 Å². The first kappa shape index (κ1) is 11.0. The SMILES string of the molecule is C1CCN(NC2CCC23CCCCC3)CC1. The van der Waals surface area contributed by atoms with E-state index < -0.39 is 0 Å². The Morgan fingerprint density at radius 3 is 2.12 bits per heavy atom. The number of hydrazine groups is 1. The van der Waals surface area contributed by atoms with Crippen molar-refractivity contribution in [3.8, 4) is 0 Å². The Bertz CT molecular complexity index is 227. The molecule has 1 unspecified atom stereocenters. The second kappa shape index (κ2) is 4.66. The summed E-state index contributed by atoms with van der Waals surface area (Å²) in [5.41, 5.74) is 4.57. The van der Waals surface area contributed by atoms with Gasteiger partial charge in [-0.2, -0.15) is 0 Å². The molecule has 1 N–H and O–H groups in total. The van der Waals surface area contributed by atoms with Crippen LogP contribution in [0, 0.1) is 5.41 Å². The lowest BCUT2D eigenvalue weighted by Crippen LogP contribution is -2.60. The molecule has 3 aliphatic rings. The predicted octanol–water partition coefficient (Wildman–Crippen LogP) is 3.09.